The van der Waals surface area contributed by atoms with Gasteiger partial charge < -0.3 is 25.0 Å². The van der Waals surface area contributed by atoms with Crippen LogP contribution in [0.5, 0.6) is 5.75 Å². The number of nitrogens with zero attached hydrogens (tertiary/aromatic N) is 3. The molecule has 0 radical (unpaired) electrons. The molecule has 0 bridgehead atoms. The molecule has 0 spiro atoms. The Hall–Kier alpha value is -3.38. The first-order chi connectivity index (χ1) is 17.7. The van der Waals surface area contributed by atoms with Gasteiger partial charge in [-0.3, -0.25) is 19.5 Å². The van der Waals surface area contributed by atoms with Crippen LogP contribution < -0.4 is 10.1 Å². The second-order valence-corrected chi connectivity index (χ2v) is 9.16. The maximum atomic E-state index is 14.4. The van der Waals surface area contributed by atoms with Crippen molar-refractivity contribution < 1.29 is 38.5 Å². The maximum absolute atomic E-state index is 14.4. The topological polar surface area (TPSA) is 132 Å². The Morgan fingerprint density at radius 2 is 1.95 bits per heavy atom. The molecule has 37 heavy (non-hydrogen) atoms. The summed E-state index contributed by atoms with van der Waals surface area (Å²) in [5.41, 5.74) is 0.348. The van der Waals surface area contributed by atoms with Gasteiger partial charge in [0.15, 0.2) is 0 Å². The Labute approximate surface area is 215 Å². The molecule has 11 nitrogen and oxygen atoms in total. The second-order valence-electron chi connectivity index (χ2n) is 9.16. The standard InChI is InChI=1S/C25H35FN4O7/c1-16(32)30(21-10-11-27-24(21)34)25(35)29(28(2)12-13-31)15-23(37-19-7-5-18(33)6-8-19)20-14-17(26)4-9-22(20)36-3/h4,9,12-14,18-19,21,23,31,33H,5-8,10-11,15H2,1-3H3,(H,27,34)/b13-12-/t18-,19+,21-,23-/m0/s1. The lowest BCUT2D eigenvalue weighted by atomic mass is 9.94. The number of hydrogen-bond acceptors (Lipinski definition) is 8. The minimum atomic E-state index is -0.984. The van der Waals surface area contributed by atoms with Gasteiger partial charge in [-0.05, 0) is 50.3 Å². The predicted molar refractivity (Wildman–Crippen MR) is 131 cm³/mol. The van der Waals surface area contributed by atoms with E-state index in [1.54, 1.807) is 0 Å². The van der Waals surface area contributed by atoms with Crippen LogP contribution in [0.4, 0.5) is 9.18 Å². The lowest BCUT2D eigenvalue weighted by Crippen LogP contribution is -2.56. The average molecular weight is 523 g/mol. The van der Waals surface area contributed by atoms with E-state index in [2.05, 4.69) is 5.32 Å². The van der Waals surface area contributed by atoms with Gasteiger partial charge in [0, 0.05) is 26.1 Å². The molecule has 1 saturated heterocycles. The first kappa shape index (κ1) is 28.2. The van der Waals surface area contributed by atoms with Gasteiger partial charge in [0.25, 0.3) is 0 Å². The fraction of sp³-hybridized carbons (Fsp3) is 0.560. The van der Waals surface area contributed by atoms with Gasteiger partial charge in [0.2, 0.25) is 11.8 Å². The Balaban J connectivity index is 1.99. The van der Waals surface area contributed by atoms with E-state index in [9.17, 15) is 29.0 Å². The lowest BCUT2D eigenvalue weighted by molar-refractivity contribution is -0.136. The summed E-state index contributed by atoms with van der Waals surface area (Å²) in [6.07, 6.45) is 2.81. The second kappa shape index (κ2) is 12.7. The molecular weight excluding hydrogens is 487 g/mol. The summed E-state index contributed by atoms with van der Waals surface area (Å²) in [4.78, 5) is 39.5. The van der Waals surface area contributed by atoms with Crippen molar-refractivity contribution in [3.63, 3.8) is 0 Å². The van der Waals surface area contributed by atoms with Gasteiger partial charge >= 0.3 is 6.03 Å². The zero-order valence-corrected chi connectivity index (χ0v) is 21.3. The number of halogens is 1. The third kappa shape index (κ3) is 6.89. The largest absolute Gasteiger partial charge is 0.514 e. The molecule has 1 aliphatic heterocycles. The number of aliphatic hydroxyl groups is 2. The number of rotatable bonds is 9. The molecule has 204 valence electrons. The molecule has 1 aromatic carbocycles. The van der Waals surface area contributed by atoms with Crippen LogP contribution in [0.1, 0.15) is 50.7 Å². The van der Waals surface area contributed by atoms with Crippen LogP contribution in [0, 0.1) is 5.82 Å². The van der Waals surface area contributed by atoms with Crippen molar-refractivity contribution >= 4 is 17.8 Å². The van der Waals surface area contributed by atoms with Crippen molar-refractivity contribution in [3.8, 4) is 5.75 Å². The van der Waals surface area contributed by atoms with Crippen LogP contribution in [0.3, 0.4) is 0 Å². The minimum Gasteiger partial charge on any atom is -0.514 e. The molecular formula is C25H35FN4O7. The summed E-state index contributed by atoms with van der Waals surface area (Å²) < 4.78 is 26.2. The molecule has 2 fully saturated rings. The fourth-order valence-electron chi connectivity index (χ4n) is 4.70. The third-order valence-corrected chi connectivity index (χ3v) is 6.64. The van der Waals surface area contributed by atoms with E-state index in [1.165, 1.54) is 50.5 Å². The number of benzene rings is 1. The smallest absolute Gasteiger partial charge is 0.346 e. The molecule has 4 amide bonds. The number of nitrogens with one attached hydrogen (secondary N) is 1. The maximum Gasteiger partial charge on any atom is 0.346 e. The number of imide groups is 1. The first-order valence-electron chi connectivity index (χ1n) is 12.3. The van der Waals surface area contributed by atoms with E-state index < -0.39 is 41.9 Å². The number of hydrogen-bond donors (Lipinski definition) is 3. The number of ether oxygens (including phenoxy) is 2. The van der Waals surface area contributed by atoms with Gasteiger partial charge in [-0.1, -0.05) is 0 Å². The van der Waals surface area contributed by atoms with Gasteiger partial charge in [-0.25, -0.2) is 14.2 Å². The summed E-state index contributed by atoms with van der Waals surface area (Å²) in [5, 5.41) is 24.3. The summed E-state index contributed by atoms with van der Waals surface area (Å²) in [6.45, 7) is 1.32. The Kier molecular flexibility index (Phi) is 9.70. The van der Waals surface area contributed by atoms with Crippen molar-refractivity contribution in [1.82, 2.24) is 20.2 Å². The van der Waals surface area contributed by atoms with E-state index in [-0.39, 0.29) is 19.1 Å². The number of methoxy groups -OCH3 is 1. The number of hydrazine groups is 1. The summed E-state index contributed by atoms with van der Waals surface area (Å²) in [7, 11) is 2.92. The molecule has 1 aromatic rings. The Morgan fingerprint density at radius 3 is 2.51 bits per heavy atom. The van der Waals surface area contributed by atoms with Crippen molar-refractivity contribution in [2.75, 3.05) is 27.2 Å². The van der Waals surface area contributed by atoms with Crippen molar-refractivity contribution in [3.05, 3.63) is 42.0 Å². The monoisotopic (exact) mass is 522 g/mol. The molecule has 0 aromatic heterocycles. The van der Waals surface area contributed by atoms with Gasteiger partial charge in [0.1, 0.15) is 23.7 Å². The number of carbonyl (C=O) groups excluding carboxylic acids is 3. The number of amides is 4. The average Bonchev–Trinajstić information content (AvgIpc) is 3.27. The summed E-state index contributed by atoms with van der Waals surface area (Å²) in [6, 6.07) is 2.18. The van der Waals surface area contributed by atoms with Gasteiger partial charge in [-0.15, -0.1) is 0 Å². The highest BCUT2D eigenvalue weighted by atomic mass is 19.1. The molecule has 3 N–H and O–H groups in total. The molecule has 1 heterocycles. The Morgan fingerprint density at radius 1 is 1.24 bits per heavy atom. The highest BCUT2D eigenvalue weighted by molar-refractivity contribution is 5.99. The normalized spacial score (nSPS) is 22.4. The van der Waals surface area contributed by atoms with Crippen LogP contribution in [-0.4, -0.2) is 88.5 Å². The van der Waals surface area contributed by atoms with Crippen molar-refractivity contribution in [1.29, 1.82) is 0 Å². The quantitative estimate of drug-likeness (QED) is 0.332. The number of urea groups is 1. The number of carbonyl (C=O) groups is 3. The molecule has 2 atom stereocenters. The molecule has 1 aliphatic carbocycles. The van der Waals surface area contributed by atoms with Crippen LogP contribution in [0.15, 0.2) is 30.7 Å². The highest BCUT2D eigenvalue weighted by Crippen LogP contribution is 2.34. The molecule has 1 saturated carbocycles. The number of aliphatic hydroxyl groups excluding tert-OH is 2. The van der Waals surface area contributed by atoms with Crippen molar-refractivity contribution in [2.24, 2.45) is 0 Å². The van der Waals surface area contributed by atoms with E-state index in [1.807, 2.05) is 0 Å². The van der Waals surface area contributed by atoms with E-state index in [0.29, 0.717) is 43.5 Å². The molecule has 2 aliphatic rings. The van der Waals surface area contributed by atoms with E-state index in [0.717, 1.165) is 16.2 Å². The zero-order chi connectivity index (χ0) is 27.1. The predicted octanol–water partition coefficient (Wildman–Crippen LogP) is 2.23. The minimum absolute atomic E-state index is 0.198. The van der Waals surface area contributed by atoms with Crippen LogP contribution in [0.2, 0.25) is 0 Å². The molecule has 3 rings (SSSR count). The fourth-order valence-corrected chi connectivity index (χ4v) is 4.70. The molecule has 0 unspecified atom stereocenters. The van der Waals surface area contributed by atoms with Crippen LogP contribution in [-0.2, 0) is 14.3 Å². The SMILES string of the molecule is COc1ccc(F)cc1[C@H](CN(C(=O)N(C(C)=O)[C@H]1CCNC1=O)N(C)/C=C\O)O[C@H]1CC[C@@H](O)CC1. The summed E-state index contributed by atoms with van der Waals surface area (Å²) >= 11 is 0. The lowest BCUT2D eigenvalue weighted by Gasteiger charge is -2.39. The zero-order valence-electron chi connectivity index (χ0n) is 21.3. The van der Waals surface area contributed by atoms with E-state index >= 15 is 0 Å². The van der Waals surface area contributed by atoms with E-state index in [4.69, 9.17) is 9.47 Å². The van der Waals surface area contributed by atoms with Gasteiger partial charge in [0.05, 0.1) is 38.3 Å². The first-order valence-corrected chi connectivity index (χ1v) is 12.3. The van der Waals surface area contributed by atoms with Crippen LogP contribution in [0.25, 0.3) is 0 Å². The molecule has 12 heteroatoms. The van der Waals surface area contributed by atoms with Gasteiger partial charge in [-0.2, -0.15) is 0 Å². The van der Waals surface area contributed by atoms with Crippen molar-refractivity contribution in [2.45, 2.75) is 63.4 Å². The highest BCUT2D eigenvalue weighted by Gasteiger charge is 2.40. The third-order valence-electron chi connectivity index (χ3n) is 6.64. The van der Waals surface area contributed by atoms with Crippen LogP contribution >= 0.6 is 0 Å². The summed E-state index contributed by atoms with van der Waals surface area (Å²) in [5.74, 6) is -1.25. The Bertz CT molecular complexity index is 999.